The molecule has 23 heavy (non-hydrogen) atoms. The van der Waals surface area contributed by atoms with E-state index in [1.807, 2.05) is 18.7 Å². The van der Waals surface area contributed by atoms with Gasteiger partial charge in [0.1, 0.15) is 11.6 Å². The molecule has 1 saturated carbocycles. The van der Waals surface area contributed by atoms with E-state index in [0.717, 1.165) is 34.7 Å². The zero-order valence-electron chi connectivity index (χ0n) is 13.6. The lowest BCUT2D eigenvalue weighted by Crippen LogP contribution is -2.10. The number of aromatic nitrogens is 4. The van der Waals surface area contributed by atoms with Gasteiger partial charge in [-0.15, -0.1) is 22.6 Å². The summed E-state index contributed by atoms with van der Waals surface area (Å²) in [5, 5.41) is 16.7. The standard InChI is InChI=1S/C15H23N5OS.ClH/c1-16-9-14-17-18-15(20(14)2)22-10-12-8-13(19-21-12)11-6-4-3-5-7-11;/h8,11,16H,3-7,9-10H2,1-2H3;1H. The molecule has 0 bridgehead atoms. The average molecular weight is 358 g/mol. The van der Waals surface area contributed by atoms with E-state index in [0.29, 0.717) is 5.92 Å². The second-order valence-corrected chi connectivity index (χ2v) is 6.77. The van der Waals surface area contributed by atoms with Crippen molar-refractivity contribution in [2.75, 3.05) is 7.05 Å². The zero-order chi connectivity index (χ0) is 15.4. The fraction of sp³-hybridized carbons (Fsp3) is 0.667. The molecular formula is C15H24ClN5OS. The maximum atomic E-state index is 5.49. The van der Waals surface area contributed by atoms with Crippen LogP contribution in [0.2, 0.25) is 0 Å². The topological polar surface area (TPSA) is 68.8 Å². The Kier molecular flexibility index (Phi) is 6.92. The molecule has 1 fully saturated rings. The molecule has 1 N–H and O–H groups in total. The molecule has 0 radical (unpaired) electrons. The first-order chi connectivity index (χ1) is 10.8. The van der Waals surface area contributed by atoms with Crippen LogP contribution in [0.3, 0.4) is 0 Å². The summed E-state index contributed by atoms with van der Waals surface area (Å²) in [6.45, 7) is 0.720. The molecular weight excluding hydrogens is 334 g/mol. The Balaban J connectivity index is 0.00000192. The van der Waals surface area contributed by atoms with E-state index < -0.39 is 0 Å². The smallest absolute Gasteiger partial charge is 0.191 e. The van der Waals surface area contributed by atoms with Gasteiger partial charge in [-0.1, -0.05) is 36.2 Å². The van der Waals surface area contributed by atoms with Gasteiger partial charge in [0.25, 0.3) is 0 Å². The van der Waals surface area contributed by atoms with E-state index in [1.165, 1.54) is 32.1 Å². The fourth-order valence-corrected chi connectivity index (χ4v) is 3.71. The van der Waals surface area contributed by atoms with E-state index >= 15 is 0 Å². The van der Waals surface area contributed by atoms with Crippen LogP contribution in [0.1, 0.15) is 55.3 Å². The summed E-state index contributed by atoms with van der Waals surface area (Å²) < 4.78 is 7.51. The van der Waals surface area contributed by atoms with Crippen LogP contribution in [-0.2, 0) is 19.3 Å². The van der Waals surface area contributed by atoms with Crippen LogP contribution >= 0.6 is 24.2 Å². The SMILES string of the molecule is CNCc1nnc(SCc2cc(C3CCCCC3)no2)n1C.Cl. The Morgan fingerprint density at radius 2 is 2.09 bits per heavy atom. The van der Waals surface area contributed by atoms with Gasteiger partial charge in [-0.3, -0.25) is 0 Å². The van der Waals surface area contributed by atoms with Crippen LogP contribution in [0.25, 0.3) is 0 Å². The van der Waals surface area contributed by atoms with Crippen LogP contribution in [0, 0.1) is 0 Å². The van der Waals surface area contributed by atoms with Gasteiger partial charge in [-0.05, 0) is 19.9 Å². The minimum Gasteiger partial charge on any atom is -0.360 e. The molecule has 1 aliphatic rings. The monoisotopic (exact) mass is 357 g/mol. The second kappa shape index (κ2) is 8.70. The second-order valence-electron chi connectivity index (χ2n) is 5.83. The van der Waals surface area contributed by atoms with Gasteiger partial charge in [-0.2, -0.15) is 0 Å². The van der Waals surface area contributed by atoms with E-state index in [-0.39, 0.29) is 12.4 Å². The zero-order valence-corrected chi connectivity index (χ0v) is 15.3. The van der Waals surface area contributed by atoms with E-state index in [4.69, 9.17) is 4.52 Å². The third-order valence-electron chi connectivity index (χ3n) is 4.20. The van der Waals surface area contributed by atoms with Crippen molar-refractivity contribution in [1.29, 1.82) is 0 Å². The summed E-state index contributed by atoms with van der Waals surface area (Å²) in [5.41, 5.74) is 1.13. The van der Waals surface area contributed by atoms with E-state index in [9.17, 15) is 0 Å². The fourth-order valence-electron chi connectivity index (χ4n) is 2.91. The first-order valence-electron chi connectivity index (χ1n) is 7.89. The number of nitrogens with zero attached hydrogens (tertiary/aromatic N) is 4. The molecule has 0 aliphatic heterocycles. The summed E-state index contributed by atoms with van der Waals surface area (Å²) in [5.74, 6) is 3.19. The van der Waals surface area contributed by atoms with Gasteiger partial charge in [0.15, 0.2) is 5.16 Å². The first kappa shape index (κ1) is 18.3. The summed E-state index contributed by atoms with van der Waals surface area (Å²) in [6, 6.07) is 2.12. The van der Waals surface area contributed by atoms with Crippen LogP contribution < -0.4 is 5.32 Å². The summed E-state index contributed by atoms with van der Waals surface area (Å²) in [4.78, 5) is 0. The molecule has 0 aromatic carbocycles. The number of hydrogen-bond acceptors (Lipinski definition) is 6. The average Bonchev–Trinajstić information content (AvgIpc) is 3.15. The van der Waals surface area contributed by atoms with Crippen molar-refractivity contribution in [3.8, 4) is 0 Å². The van der Waals surface area contributed by atoms with Crippen molar-refractivity contribution >= 4 is 24.2 Å². The van der Waals surface area contributed by atoms with Gasteiger partial charge < -0.3 is 14.4 Å². The van der Waals surface area contributed by atoms with Crippen molar-refractivity contribution in [2.45, 2.75) is 55.5 Å². The van der Waals surface area contributed by atoms with Crippen molar-refractivity contribution in [1.82, 2.24) is 25.2 Å². The third-order valence-corrected chi connectivity index (χ3v) is 5.25. The van der Waals surface area contributed by atoms with Gasteiger partial charge in [0.2, 0.25) is 0 Å². The highest BCUT2D eigenvalue weighted by Crippen LogP contribution is 2.33. The van der Waals surface area contributed by atoms with Gasteiger partial charge in [0.05, 0.1) is 18.0 Å². The lowest BCUT2D eigenvalue weighted by molar-refractivity contribution is 0.365. The van der Waals surface area contributed by atoms with E-state index in [2.05, 4.69) is 26.7 Å². The Bertz CT molecular complexity index is 609. The predicted molar refractivity (Wildman–Crippen MR) is 92.9 cm³/mol. The number of halogens is 1. The normalized spacial score (nSPS) is 15.6. The van der Waals surface area contributed by atoms with Crippen molar-refractivity contribution in [3.63, 3.8) is 0 Å². The molecule has 0 atom stereocenters. The maximum absolute atomic E-state index is 5.49. The molecule has 0 saturated heterocycles. The van der Waals surface area contributed by atoms with Crippen LogP contribution in [0.5, 0.6) is 0 Å². The quantitative estimate of drug-likeness (QED) is 0.800. The highest BCUT2D eigenvalue weighted by molar-refractivity contribution is 7.98. The van der Waals surface area contributed by atoms with Crippen LogP contribution in [0.4, 0.5) is 0 Å². The van der Waals surface area contributed by atoms with Gasteiger partial charge in [0, 0.05) is 19.0 Å². The lowest BCUT2D eigenvalue weighted by atomic mass is 9.87. The number of thioether (sulfide) groups is 1. The largest absolute Gasteiger partial charge is 0.360 e. The summed E-state index contributed by atoms with van der Waals surface area (Å²) >= 11 is 1.63. The van der Waals surface area contributed by atoms with Gasteiger partial charge in [-0.25, -0.2) is 0 Å². The van der Waals surface area contributed by atoms with Crippen molar-refractivity contribution < 1.29 is 4.52 Å². The molecule has 8 heteroatoms. The minimum absolute atomic E-state index is 0. The number of nitrogens with one attached hydrogen (secondary N) is 1. The molecule has 2 heterocycles. The molecule has 128 valence electrons. The minimum atomic E-state index is 0. The Morgan fingerprint density at radius 3 is 2.83 bits per heavy atom. The molecule has 2 aromatic heterocycles. The van der Waals surface area contributed by atoms with Crippen molar-refractivity contribution in [3.05, 3.63) is 23.3 Å². The number of hydrogen-bond donors (Lipinski definition) is 1. The molecule has 0 unspecified atom stereocenters. The number of rotatable bonds is 6. The highest BCUT2D eigenvalue weighted by Gasteiger charge is 2.19. The lowest BCUT2D eigenvalue weighted by Gasteiger charge is -2.18. The molecule has 1 aliphatic carbocycles. The molecule has 0 amide bonds. The van der Waals surface area contributed by atoms with Crippen molar-refractivity contribution in [2.24, 2.45) is 7.05 Å². The summed E-state index contributed by atoms with van der Waals surface area (Å²) in [6.07, 6.45) is 6.48. The Hall–Kier alpha value is -1.05. The van der Waals surface area contributed by atoms with Gasteiger partial charge >= 0.3 is 0 Å². The highest BCUT2D eigenvalue weighted by atomic mass is 35.5. The maximum Gasteiger partial charge on any atom is 0.191 e. The molecule has 0 spiro atoms. The summed E-state index contributed by atoms with van der Waals surface area (Å²) in [7, 11) is 3.89. The third kappa shape index (κ3) is 4.49. The first-order valence-corrected chi connectivity index (χ1v) is 8.87. The van der Waals surface area contributed by atoms with Crippen LogP contribution in [0.15, 0.2) is 15.7 Å². The molecule has 6 nitrogen and oxygen atoms in total. The Labute approximate surface area is 147 Å². The molecule has 2 aromatic rings. The predicted octanol–water partition coefficient (Wildman–Crippen LogP) is 3.28. The van der Waals surface area contributed by atoms with E-state index in [1.54, 1.807) is 11.8 Å². The molecule has 3 rings (SSSR count). The Morgan fingerprint density at radius 1 is 1.30 bits per heavy atom. The van der Waals surface area contributed by atoms with Crippen LogP contribution in [-0.4, -0.2) is 27.0 Å².